The van der Waals surface area contributed by atoms with Gasteiger partial charge < -0.3 is 20.1 Å². The Morgan fingerprint density at radius 3 is 2.50 bits per heavy atom. The van der Waals surface area contributed by atoms with E-state index in [0.717, 1.165) is 0 Å². The molecule has 1 unspecified atom stereocenters. The highest BCUT2D eigenvalue weighted by molar-refractivity contribution is 5.75. The van der Waals surface area contributed by atoms with E-state index >= 15 is 0 Å². The van der Waals surface area contributed by atoms with Gasteiger partial charge in [0.15, 0.2) is 6.10 Å². The quantitative estimate of drug-likeness (QED) is 0.694. The number of carbonyl (C=O) groups is 2. The fourth-order valence-electron chi connectivity index (χ4n) is 1.54. The van der Waals surface area contributed by atoms with Crippen molar-refractivity contribution in [1.82, 2.24) is 0 Å². The second-order valence-electron chi connectivity index (χ2n) is 3.71. The molecule has 0 aliphatic rings. The monoisotopic (exact) mass is 254 g/mol. The third-order valence-electron chi connectivity index (χ3n) is 2.45. The molecule has 18 heavy (non-hydrogen) atoms. The Labute approximate surface area is 103 Å². The van der Waals surface area contributed by atoms with Gasteiger partial charge in [0.2, 0.25) is 0 Å². The van der Waals surface area contributed by atoms with Crippen LogP contribution in [0.5, 0.6) is 5.75 Å². The number of aliphatic hydroxyl groups is 1. The summed E-state index contributed by atoms with van der Waals surface area (Å²) in [5.74, 6) is -2.07. The third-order valence-corrected chi connectivity index (χ3v) is 2.45. The van der Waals surface area contributed by atoms with Crippen molar-refractivity contribution in [3.05, 3.63) is 29.3 Å². The SMILES string of the molecule is COc1ccc(CCC(=O)O)cc1C(O)C(=O)O. The molecule has 6 heteroatoms. The summed E-state index contributed by atoms with van der Waals surface area (Å²) in [6, 6.07) is 4.60. The number of hydrogen-bond donors (Lipinski definition) is 3. The molecule has 0 saturated carbocycles. The number of methoxy groups -OCH3 is 1. The lowest BCUT2D eigenvalue weighted by Gasteiger charge is -2.12. The molecule has 1 atom stereocenters. The predicted molar refractivity (Wildman–Crippen MR) is 61.5 cm³/mol. The summed E-state index contributed by atoms with van der Waals surface area (Å²) in [5, 5.41) is 26.9. The highest BCUT2D eigenvalue weighted by Gasteiger charge is 2.20. The van der Waals surface area contributed by atoms with Crippen molar-refractivity contribution in [3.63, 3.8) is 0 Å². The zero-order chi connectivity index (χ0) is 13.7. The largest absolute Gasteiger partial charge is 0.496 e. The summed E-state index contributed by atoms with van der Waals surface area (Å²) >= 11 is 0. The number of aliphatic hydroxyl groups excluding tert-OH is 1. The standard InChI is InChI=1S/C12H14O6/c1-18-9-4-2-7(3-5-10(13)14)6-8(9)11(15)12(16)17/h2,4,6,11,15H,3,5H2,1H3,(H,13,14)(H,16,17). The lowest BCUT2D eigenvalue weighted by atomic mass is 10.0. The summed E-state index contributed by atoms with van der Waals surface area (Å²) in [7, 11) is 1.37. The minimum Gasteiger partial charge on any atom is -0.496 e. The van der Waals surface area contributed by atoms with Crippen molar-refractivity contribution in [2.75, 3.05) is 7.11 Å². The summed E-state index contributed by atoms with van der Waals surface area (Å²) < 4.78 is 4.96. The molecule has 0 aliphatic heterocycles. The Balaban J connectivity index is 3.01. The van der Waals surface area contributed by atoms with Crippen molar-refractivity contribution in [1.29, 1.82) is 0 Å². The lowest BCUT2D eigenvalue weighted by Crippen LogP contribution is -2.12. The highest BCUT2D eigenvalue weighted by Crippen LogP contribution is 2.27. The first-order valence-corrected chi connectivity index (χ1v) is 5.25. The van der Waals surface area contributed by atoms with Crippen LogP contribution in [0.3, 0.4) is 0 Å². The molecule has 1 aromatic carbocycles. The highest BCUT2D eigenvalue weighted by atomic mass is 16.5. The van der Waals surface area contributed by atoms with Gasteiger partial charge in [0.05, 0.1) is 7.11 Å². The predicted octanol–water partition coefficient (Wildman–Crippen LogP) is 0.830. The normalized spacial score (nSPS) is 11.9. The summed E-state index contributed by atoms with van der Waals surface area (Å²) in [6.45, 7) is 0. The van der Waals surface area contributed by atoms with Crippen LogP contribution in [0.1, 0.15) is 23.7 Å². The van der Waals surface area contributed by atoms with Crippen LogP contribution in [0.15, 0.2) is 18.2 Å². The molecule has 0 bridgehead atoms. The van der Waals surface area contributed by atoms with Gasteiger partial charge in [-0.25, -0.2) is 4.79 Å². The number of ether oxygens (including phenoxy) is 1. The third kappa shape index (κ3) is 3.46. The van der Waals surface area contributed by atoms with Crippen molar-refractivity contribution in [2.45, 2.75) is 18.9 Å². The van der Waals surface area contributed by atoms with Crippen molar-refractivity contribution < 1.29 is 29.6 Å². The fourth-order valence-corrected chi connectivity index (χ4v) is 1.54. The van der Waals surface area contributed by atoms with Gasteiger partial charge in [-0.05, 0) is 24.1 Å². The molecule has 0 aromatic heterocycles. The molecule has 0 amide bonds. The minimum absolute atomic E-state index is 0.0606. The summed E-state index contributed by atoms with van der Waals surface area (Å²) in [6.07, 6.45) is -1.49. The molecule has 0 aliphatic carbocycles. The average Bonchev–Trinajstić information content (AvgIpc) is 2.34. The Hall–Kier alpha value is -2.08. The van der Waals surface area contributed by atoms with Crippen LogP contribution in [0.4, 0.5) is 0 Å². The molecule has 3 N–H and O–H groups in total. The van der Waals surface area contributed by atoms with E-state index in [0.29, 0.717) is 5.56 Å². The Bertz CT molecular complexity index is 454. The average molecular weight is 254 g/mol. The number of aryl methyl sites for hydroxylation is 1. The van der Waals surface area contributed by atoms with Gasteiger partial charge >= 0.3 is 11.9 Å². The van der Waals surface area contributed by atoms with Crippen LogP contribution >= 0.6 is 0 Å². The molecule has 0 radical (unpaired) electrons. The first-order valence-electron chi connectivity index (χ1n) is 5.25. The minimum atomic E-state index is -1.69. The first-order chi connectivity index (χ1) is 8.45. The number of hydrogen-bond acceptors (Lipinski definition) is 4. The van der Waals surface area contributed by atoms with Crippen LogP contribution in [0, 0.1) is 0 Å². The van der Waals surface area contributed by atoms with E-state index in [1.807, 2.05) is 0 Å². The second-order valence-corrected chi connectivity index (χ2v) is 3.71. The number of carboxylic acids is 2. The van der Waals surface area contributed by atoms with E-state index in [1.54, 1.807) is 6.07 Å². The zero-order valence-corrected chi connectivity index (χ0v) is 9.79. The Morgan fingerprint density at radius 2 is 2.00 bits per heavy atom. The molecule has 0 heterocycles. The fraction of sp³-hybridized carbons (Fsp3) is 0.333. The molecular formula is C12H14O6. The summed E-state index contributed by atoms with van der Waals surface area (Å²) in [4.78, 5) is 21.2. The molecular weight excluding hydrogens is 240 g/mol. The first kappa shape index (κ1) is 14.0. The summed E-state index contributed by atoms with van der Waals surface area (Å²) in [5.41, 5.74) is 0.751. The van der Waals surface area contributed by atoms with E-state index in [-0.39, 0.29) is 24.2 Å². The van der Waals surface area contributed by atoms with Gasteiger partial charge in [-0.15, -0.1) is 0 Å². The molecule has 98 valence electrons. The van der Waals surface area contributed by atoms with Crippen LogP contribution in [-0.2, 0) is 16.0 Å². The molecule has 6 nitrogen and oxygen atoms in total. The maximum Gasteiger partial charge on any atom is 0.337 e. The number of benzene rings is 1. The van der Waals surface area contributed by atoms with Gasteiger partial charge in [-0.2, -0.15) is 0 Å². The molecule has 0 fully saturated rings. The van der Waals surface area contributed by atoms with Crippen LogP contribution < -0.4 is 4.74 Å². The number of carboxylic acid groups (broad SMARTS) is 2. The maximum atomic E-state index is 10.7. The Morgan fingerprint density at radius 1 is 1.33 bits per heavy atom. The van der Waals surface area contributed by atoms with Crippen LogP contribution in [0.25, 0.3) is 0 Å². The molecule has 1 rings (SSSR count). The molecule has 1 aromatic rings. The van der Waals surface area contributed by atoms with E-state index in [9.17, 15) is 14.7 Å². The van der Waals surface area contributed by atoms with Crippen molar-refractivity contribution in [3.8, 4) is 5.75 Å². The molecule has 0 saturated heterocycles. The lowest BCUT2D eigenvalue weighted by molar-refractivity contribution is -0.147. The van der Waals surface area contributed by atoms with Crippen molar-refractivity contribution >= 4 is 11.9 Å². The topological polar surface area (TPSA) is 104 Å². The zero-order valence-electron chi connectivity index (χ0n) is 9.79. The molecule has 0 spiro atoms. The van der Waals surface area contributed by atoms with Crippen molar-refractivity contribution in [2.24, 2.45) is 0 Å². The van der Waals surface area contributed by atoms with E-state index in [1.165, 1.54) is 19.2 Å². The Kier molecular flexibility index (Phi) is 4.67. The van der Waals surface area contributed by atoms with Gasteiger partial charge in [0, 0.05) is 12.0 Å². The van der Waals surface area contributed by atoms with Gasteiger partial charge in [0.25, 0.3) is 0 Å². The number of aliphatic carboxylic acids is 2. The van der Waals surface area contributed by atoms with E-state index in [4.69, 9.17) is 14.9 Å². The smallest absolute Gasteiger partial charge is 0.337 e. The van der Waals surface area contributed by atoms with E-state index < -0.39 is 18.0 Å². The van der Waals surface area contributed by atoms with Gasteiger partial charge in [-0.3, -0.25) is 4.79 Å². The van der Waals surface area contributed by atoms with Gasteiger partial charge in [-0.1, -0.05) is 6.07 Å². The second kappa shape index (κ2) is 6.02. The van der Waals surface area contributed by atoms with Crippen LogP contribution in [0.2, 0.25) is 0 Å². The maximum absolute atomic E-state index is 10.7. The van der Waals surface area contributed by atoms with Crippen LogP contribution in [-0.4, -0.2) is 34.4 Å². The van der Waals surface area contributed by atoms with Gasteiger partial charge in [0.1, 0.15) is 5.75 Å². The number of rotatable bonds is 6. The van der Waals surface area contributed by atoms with E-state index in [2.05, 4.69) is 0 Å².